The van der Waals surface area contributed by atoms with Crippen LogP contribution in [-0.4, -0.2) is 11.8 Å². The van der Waals surface area contributed by atoms with Gasteiger partial charge in [-0.25, -0.2) is 0 Å². The maximum Gasteiger partial charge on any atom is 0.0986 e. The molecule has 4 aromatic carbocycles. The van der Waals surface area contributed by atoms with Gasteiger partial charge >= 0.3 is 0 Å². The van der Waals surface area contributed by atoms with Crippen LogP contribution in [0.15, 0.2) is 126 Å². The first-order valence-corrected chi connectivity index (χ1v) is 10.7. The minimum Gasteiger partial charge on any atom is -0.302 e. The Kier molecular flexibility index (Phi) is 5.59. The fourth-order valence-corrected chi connectivity index (χ4v) is 4.19. The van der Waals surface area contributed by atoms with Crippen molar-refractivity contribution >= 4 is 11.4 Å². The monoisotopic (exact) mass is 403 g/mol. The summed E-state index contributed by atoms with van der Waals surface area (Å²) in [5.41, 5.74) is 5.81. The number of anilines is 1. The summed E-state index contributed by atoms with van der Waals surface area (Å²) in [6, 6.07) is 42.3. The first kappa shape index (κ1) is 19.3. The summed E-state index contributed by atoms with van der Waals surface area (Å²) >= 11 is 0. The fourth-order valence-electron chi connectivity index (χ4n) is 4.19. The van der Waals surface area contributed by atoms with Crippen molar-refractivity contribution in [2.45, 2.75) is 18.6 Å². The van der Waals surface area contributed by atoms with E-state index in [1.54, 1.807) is 0 Å². The molecule has 5 rings (SSSR count). The highest BCUT2D eigenvalue weighted by Gasteiger charge is 2.39. The maximum absolute atomic E-state index is 5.17. The van der Waals surface area contributed by atoms with Gasteiger partial charge in [-0.2, -0.15) is 5.10 Å². The number of hydrazone groups is 1. The number of rotatable bonds is 6. The molecule has 0 saturated carbocycles. The van der Waals surface area contributed by atoms with E-state index in [-0.39, 0.29) is 12.1 Å². The second kappa shape index (κ2) is 8.99. The lowest BCUT2D eigenvalue weighted by atomic mass is 9.92. The number of nitrogens with one attached hydrogen (secondary N) is 1. The Morgan fingerprint density at radius 2 is 1.19 bits per heavy atom. The van der Waals surface area contributed by atoms with Crippen molar-refractivity contribution in [3.63, 3.8) is 0 Å². The van der Waals surface area contributed by atoms with Crippen molar-refractivity contribution in [2.24, 2.45) is 5.10 Å². The Labute approximate surface area is 183 Å². The van der Waals surface area contributed by atoms with Crippen LogP contribution in [0, 0.1) is 0 Å². The third kappa shape index (κ3) is 4.14. The minimum atomic E-state index is 0.0465. The van der Waals surface area contributed by atoms with Crippen LogP contribution in [0.3, 0.4) is 0 Å². The smallest absolute Gasteiger partial charge is 0.0986 e. The molecule has 31 heavy (non-hydrogen) atoms. The molecule has 0 aliphatic carbocycles. The van der Waals surface area contributed by atoms with E-state index < -0.39 is 0 Å². The number of para-hydroxylation sites is 1. The zero-order valence-corrected chi connectivity index (χ0v) is 17.3. The van der Waals surface area contributed by atoms with Crippen molar-refractivity contribution in [1.82, 2.24) is 5.32 Å². The first-order chi connectivity index (χ1) is 15.4. The molecule has 1 N–H and O–H groups in total. The Hall–Kier alpha value is -3.69. The molecule has 3 nitrogen and oxygen atoms in total. The summed E-state index contributed by atoms with van der Waals surface area (Å²) in [6.07, 6.45) is 0. The van der Waals surface area contributed by atoms with Crippen molar-refractivity contribution < 1.29 is 0 Å². The molecule has 0 radical (unpaired) electrons. The quantitative estimate of drug-likeness (QED) is 0.440. The van der Waals surface area contributed by atoms with Gasteiger partial charge in [-0.1, -0.05) is 109 Å². The van der Waals surface area contributed by atoms with Crippen LogP contribution < -0.4 is 10.3 Å². The number of hydrogen-bond donors (Lipinski definition) is 1. The van der Waals surface area contributed by atoms with Gasteiger partial charge in [-0.3, -0.25) is 5.01 Å². The van der Waals surface area contributed by atoms with Gasteiger partial charge in [0.2, 0.25) is 0 Å². The molecule has 1 aliphatic heterocycles. The van der Waals surface area contributed by atoms with Gasteiger partial charge in [0, 0.05) is 6.54 Å². The topological polar surface area (TPSA) is 27.6 Å². The SMILES string of the molecule is c1ccc(CNC2C(c3ccccc3)=NN(c3ccccc3)C2c2ccccc2)cc1. The van der Waals surface area contributed by atoms with E-state index in [9.17, 15) is 0 Å². The summed E-state index contributed by atoms with van der Waals surface area (Å²) in [6.45, 7) is 0.781. The lowest BCUT2D eigenvalue weighted by Crippen LogP contribution is -2.41. The largest absolute Gasteiger partial charge is 0.302 e. The van der Waals surface area contributed by atoms with Crippen LogP contribution in [0.2, 0.25) is 0 Å². The van der Waals surface area contributed by atoms with Crippen LogP contribution in [0.5, 0.6) is 0 Å². The molecule has 1 aliphatic rings. The van der Waals surface area contributed by atoms with Crippen LogP contribution >= 0.6 is 0 Å². The highest BCUT2D eigenvalue weighted by atomic mass is 15.5. The van der Waals surface area contributed by atoms with Crippen molar-refractivity contribution in [3.05, 3.63) is 138 Å². The summed E-state index contributed by atoms with van der Waals surface area (Å²) in [5, 5.41) is 11.2. The maximum atomic E-state index is 5.17. The van der Waals surface area contributed by atoms with E-state index in [1.165, 1.54) is 11.1 Å². The lowest BCUT2D eigenvalue weighted by molar-refractivity contribution is 0.530. The molecule has 0 aromatic heterocycles. The van der Waals surface area contributed by atoms with Crippen molar-refractivity contribution in [3.8, 4) is 0 Å². The van der Waals surface area contributed by atoms with Crippen LogP contribution in [0.4, 0.5) is 5.69 Å². The molecular formula is C28H25N3. The molecule has 3 heteroatoms. The van der Waals surface area contributed by atoms with E-state index in [0.29, 0.717) is 0 Å². The normalized spacial score (nSPS) is 18.1. The van der Waals surface area contributed by atoms with Gasteiger partial charge in [-0.15, -0.1) is 0 Å². The van der Waals surface area contributed by atoms with Crippen molar-refractivity contribution in [1.29, 1.82) is 0 Å². The summed E-state index contributed by atoms with van der Waals surface area (Å²) in [5.74, 6) is 0. The Bertz CT molecular complexity index is 1130. The van der Waals surface area contributed by atoms with Crippen LogP contribution in [0.1, 0.15) is 22.7 Å². The van der Waals surface area contributed by atoms with E-state index in [0.717, 1.165) is 23.5 Å². The van der Waals surface area contributed by atoms with E-state index >= 15 is 0 Å². The Morgan fingerprint density at radius 3 is 1.84 bits per heavy atom. The van der Waals surface area contributed by atoms with Gasteiger partial charge in [0.1, 0.15) is 0 Å². The molecule has 0 fully saturated rings. The second-order valence-electron chi connectivity index (χ2n) is 7.73. The van der Waals surface area contributed by atoms with E-state index in [2.05, 4.69) is 126 Å². The minimum absolute atomic E-state index is 0.0465. The molecule has 0 saturated heterocycles. The molecule has 0 spiro atoms. The Balaban J connectivity index is 1.58. The second-order valence-corrected chi connectivity index (χ2v) is 7.73. The van der Waals surface area contributed by atoms with Crippen LogP contribution in [0.25, 0.3) is 0 Å². The third-order valence-electron chi connectivity index (χ3n) is 5.69. The van der Waals surface area contributed by atoms with Gasteiger partial charge in [-0.05, 0) is 28.8 Å². The number of hydrogen-bond acceptors (Lipinski definition) is 3. The number of benzene rings is 4. The van der Waals surface area contributed by atoms with E-state index in [1.807, 2.05) is 6.07 Å². The van der Waals surface area contributed by atoms with Crippen LogP contribution in [-0.2, 0) is 6.54 Å². The predicted octanol–water partition coefficient (Wildman–Crippen LogP) is 5.81. The lowest BCUT2D eigenvalue weighted by Gasteiger charge is -2.29. The summed E-state index contributed by atoms with van der Waals surface area (Å²) in [4.78, 5) is 0. The molecule has 152 valence electrons. The average Bonchev–Trinajstić information content (AvgIpc) is 3.24. The van der Waals surface area contributed by atoms with Gasteiger partial charge < -0.3 is 5.32 Å². The predicted molar refractivity (Wildman–Crippen MR) is 128 cm³/mol. The number of nitrogens with zero attached hydrogens (tertiary/aromatic N) is 2. The Morgan fingerprint density at radius 1 is 0.645 bits per heavy atom. The highest BCUT2D eigenvalue weighted by Crippen LogP contribution is 2.37. The highest BCUT2D eigenvalue weighted by molar-refractivity contribution is 6.07. The molecule has 1 heterocycles. The molecule has 2 atom stereocenters. The first-order valence-electron chi connectivity index (χ1n) is 10.7. The molecule has 4 aromatic rings. The third-order valence-corrected chi connectivity index (χ3v) is 5.69. The van der Waals surface area contributed by atoms with Crippen molar-refractivity contribution in [2.75, 3.05) is 5.01 Å². The van der Waals surface area contributed by atoms with Gasteiger partial charge in [0.15, 0.2) is 0 Å². The fraction of sp³-hybridized carbons (Fsp3) is 0.107. The van der Waals surface area contributed by atoms with E-state index in [4.69, 9.17) is 5.10 Å². The summed E-state index contributed by atoms with van der Waals surface area (Å²) < 4.78 is 0. The average molecular weight is 404 g/mol. The zero-order valence-electron chi connectivity index (χ0n) is 17.3. The van der Waals surface area contributed by atoms with Gasteiger partial charge in [0.05, 0.1) is 23.5 Å². The summed E-state index contributed by atoms with van der Waals surface area (Å²) in [7, 11) is 0. The zero-order chi connectivity index (χ0) is 20.9. The van der Waals surface area contributed by atoms with Gasteiger partial charge in [0.25, 0.3) is 0 Å². The molecule has 2 unspecified atom stereocenters. The molecule has 0 amide bonds. The standard InChI is InChI=1S/C28H25N3/c1-5-13-22(14-6-1)21-29-27-26(23-15-7-2-8-16-23)30-31(25-19-11-4-12-20-25)28(27)24-17-9-3-10-18-24/h1-20,27-29H,21H2. The molecule has 0 bridgehead atoms. The molecular weight excluding hydrogens is 378 g/mol.